The highest BCUT2D eigenvalue weighted by Crippen LogP contribution is 2.23. The van der Waals surface area contributed by atoms with Crippen LogP contribution in [0, 0.1) is 5.92 Å². The summed E-state index contributed by atoms with van der Waals surface area (Å²) in [4.78, 5) is 0. The van der Waals surface area contributed by atoms with E-state index in [0.29, 0.717) is 6.42 Å². The topological polar surface area (TPSA) is 69.9 Å². The predicted octanol–water partition coefficient (Wildman–Crippen LogP) is -0.917. The Bertz CT molecular complexity index is 116. The van der Waals surface area contributed by atoms with Gasteiger partial charge in [-0.15, -0.1) is 0 Å². The van der Waals surface area contributed by atoms with Crippen LogP contribution >= 0.6 is 0 Å². The summed E-state index contributed by atoms with van der Waals surface area (Å²) in [6.45, 7) is 1.72. The van der Waals surface area contributed by atoms with E-state index >= 15 is 0 Å². The van der Waals surface area contributed by atoms with Crippen LogP contribution in [0.2, 0.25) is 0 Å². The fourth-order valence-corrected chi connectivity index (χ4v) is 1.29. The van der Waals surface area contributed by atoms with Crippen molar-refractivity contribution in [2.45, 2.75) is 31.8 Å². The maximum absolute atomic E-state index is 9.20. The Labute approximate surface area is 65.4 Å². The normalized spacial score (nSPS) is 45.8. The summed E-state index contributed by atoms with van der Waals surface area (Å²) in [5, 5.41) is 27.0. The van der Waals surface area contributed by atoms with Crippen LogP contribution in [0.1, 0.15) is 13.3 Å². The molecule has 0 aromatic carbocycles. The van der Waals surface area contributed by atoms with E-state index in [2.05, 4.69) is 0 Å². The van der Waals surface area contributed by atoms with Crippen molar-refractivity contribution < 1.29 is 20.1 Å². The van der Waals surface area contributed by atoms with Crippen LogP contribution in [0.3, 0.4) is 0 Å². The minimum atomic E-state index is -1.14. The second kappa shape index (κ2) is 3.49. The first-order valence-corrected chi connectivity index (χ1v) is 3.77. The van der Waals surface area contributed by atoms with Crippen molar-refractivity contribution in [2.24, 2.45) is 5.92 Å². The Kier molecular flexibility index (Phi) is 2.84. The lowest BCUT2D eigenvalue weighted by molar-refractivity contribution is -0.237. The highest BCUT2D eigenvalue weighted by molar-refractivity contribution is 4.77. The third-order valence-corrected chi connectivity index (χ3v) is 2.05. The van der Waals surface area contributed by atoms with E-state index in [1.807, 2.05) is 6.92 Å². The second-order valence-electron chi connectivity index (χ2n) is 3.03. The van der Waals surface area contributed by atoms with Crippen LogP contribution in [-0.4, -0.2) is 40.4 Å². The first-order valence-electron chi connectivity index (χ1n) is 3.77. The Balaban J connectivity index is 2.47. The van der Waals surface area contributed by atoms with Gasteiger partial charge in [-0.05, 0) is 12.3 Å². The smallest absolute Gasteiger partial charge is 0.181 e. The number of aliphatic hydroxyl groups is 3. The Morgan fingerprint density at radius 1 is 1.45 bits per heavy atom. The molecule has 0 bridgehead atoms. The van der Waals surface area contributed by atoms with Gasteiger partial charge >= 0.3 is 0 Å². The Morgan fingerprint density at radius 2 is 2.09 bits per heavy atom. The molecule has 0 aromatic rings. The summed E-state index contributed by atoms with van der Waals surface area (Å²) in [5.74, 6) is -0.0177. The minimum Gasteiger partial charge on any atom is -0.394 e. The zero-order valence-electron chi connectivity index (χ0n) is 6.47. The lowest BCUT2D eigenvalue weighted by Crippen LogP contribution is -2.45. The number of ether oxygens (including phenoxy) is 1. The zero-order valence-corrected chi connectivity index (χ0v) is 6.47. The summed E-state index contributed by atoms with van der Waals surface area (Å²) in [6.07, 6.45) is -1.70. The molecule has 1 saturated heterocycles. The van der Waals surface area contributed by atoms with Crippen molar-refractivity contribution in [1.29, 1.82) is 0 Å². The number of hydrogen-bond acceptors (Lipinski definition) is 4. The molecule has 4 heteroatoms. The number of rotatable bonds is 1. The molecular formula is C7H14O4. The van der Waals surface area contributed by atoms with Crippen LogP contribution in [0.5, 0.6) is 0 Å². The lowest BCUT2D eigenvalue weighted by Gasteiger charge is -2.34. The molecule has 4 nitrogen and oxygen atoms in total. The SMILES string of the molecule is C[C@H]1C[C@@H](CO)O[C@H](O)[C@H]1O. The van der Waals surface area contributed by atoms with Crippen molar-refractivity contribution in [3.05, 3.63) is 0 Å². The lowest BCUT2D eigenvalue weighted by atomic mass is 9.94. The van der Waals surface area contributed by atoms with Gasteiger partial charge in [0.2, 0.25) is 0 Å². The van der Waals surface area contributed by atoms with Crippen LogP contribution in [0.25, 0.3) is 0 Å². The van der Waals surface area contributed by atoms with Crippen LogP contribution < -0.4 is 0 Å². The number of hydrogen-bond donors (Lipinski definition) is 3. The summed E-state index contributed by atoms with van der Waals surface area (Å²) in [6, 6.07) is 0. The van der Waals surface area contributed by atoms with Gasteiger partial charge in [0.1, 0.15) is 6.10 Å². The molecule has 0 amide bonds. The molecule has 1 fully saturated rings. The zero-order chi connectivity index (χ0) is 8.43. The van der Waals surface area contributed by atoms with Crippen molar-refractivity contribution in [3.8, 4) is 0 Å². The van der Waals surface area contributed by atoms with E-state index < -0.39 is 12.4 Å². The predicted molar refractivity (Wildman–Crippen MR) is 37.8 cm³/mol. The summed E-state index contributed by atoms with van der Waals surface area (Å²) < 4.78 is 4.87. The molecule has 0 radical (unpaired) electrons. The van der Waals surface area contributed by atoms with Gasteiger partial charge in [0.15, 0.2) is 6.29 Å². The standard InChI is InChI=1S/C7H14O4/c1-4-2-5(3-8)11-7(10)6(4)9/h4-10H,2-3H2,1H3/t4-,5-,6-,7-/m0/s1. The molecule has 0 aromatic heterocycles. The summed E-state index contributed by atoms with van der Waals surface area (Å²) >= 11 is 0. The number of aliphatic hydroxyl groups excluding tert-OH is 3. The highest BCUT2D eigenvalue weighted by Gasteiger charge is 2.33. The van der Waals surface area contributed by atoms with Gasteiger partial charge in [-0.25, -0.2) is 0 Å². The molecule has 66 valence electrons. The second-order valence-corrected chi connectivity index (χ2v) is 3.03. The van der Waals surface area contributed by atoms with Crippen LogP contribution in [-0.2, 0) is 4.74 Å². The van der Waals surface area contributed by atoms with Crippen molar-refractivity contribution >= 4 is 0 Å². The van der Waals surface area contributed by atoms with Gasteiger partial charge in [-0.3, -0.25) is 0 Å². The first-order chi connectivity index (χ1) is 5.15. The fourth-order valence-electron chi connectivity index (χ4n) is 1.29. The first kappa shape index (κ1) is 8.93. The van der Waals surface area contributed by atoms with Gasteiger partial charge in [0, 0.05) is 0 Å². The molecule has 0 unspecified atom stereocenters. The molecule has 11 heavy (non-hydrogen) atoms. The molecule has 0 saturated carbocycles. The van der Waals surface area contributed by atoms with Gasteiger partial charge in [-0.2, -0.15) is 0 Å². The van der Waals surface area contributed by atoms with E-state index in [1.54, 1.807) is 0 Å². The molecule has 1 heterocycles. The van der Waals surface area contributed by atoms with Gasteiger partial charge in [0.25, 0.3) is 0 Å². The van der Waals surface area contributed by atoms with Gasteiger partial charge in [0.05, 0.1) is 12.7 Å². The minimum absolute atomic E-state index is 0.0177. The van der Waals surface area contributed by atoms with Crippen molar-refractivity contribution in [2.75, 3.05) is 6.61 Å². The third-order valence-electron chi connectivity index (χ3n) is 2.05. The average Bonchev–Trinajstić information content (AvgIpc) is 1.99. The van der Waals surface area contributed by atoms with Crippen molar-refractivity contribution in [3.63, 3.8) is 0 Å². The molecular weight excluding hydrogens is 148 g/mol. The third kappa shape index (κ3) is 1.90. The molecule has 0 spiro atoms. The monoisotopic (exact) mass is 162 g/mol. The van der Waals surface area contributed by atoms with E-state index in [-0.39, 0.29) is 18.6 Å². The van der Waals surface area contributed by atoms with Gasteiger partial charge < -0.3 is 20.1 Å². The molecule has 1 aliphatic rings. The highest BCUT2D eigenvalue weighted by atomic mass is 16.6. The average molecular weight is 162 g/mol. The van der Waals surface area contributed by atoms with E-state index in [4.69, 9.17) is 14.9 Å². The van der Waals surface area contributed by atoms with E-state index in [1.165, 1.54) is 0 Å². The molecule has 0 aliphatic carbocycles. The Morgan fingerprint density at radius 3 is 2.55 bits per heavy atom. The molecule has 3 N–H and O–H groups in total. The summed E-state index contributed by atoms with van der Waals surface area (Å²) in [5.41, 5.74) is 0. The quantitative estimate of drug-likeness (QED) is 0.466. The van der Waals surface area contributed by atoms with Crippen LogP contribution in [0.4, 0.5) is 0 Å². The molecule has 1 rings (SSSR count). The maximum Gasteiger partial charge on any atom is 0.181 e. The maximum atomic E-state index is 9.20. The fraction of sp³-hybridized carbons (Fsp3) is 1.00. The molecule has 1 aliphatic heterocycles. The molecule has 4 atom stereocenters. The van der Waals surface area contributed by atoms with E-state index in [9.17, 15) is 5.11 Å². The largest absolute Gasteiger partial charge is 0.394 e. The van der Waals surface area contributed by atoms with Crippen molar-refractivity contribution in [1.82, 2.24) is 0 Å². The van der Waals surface area contributed by atoms with Gasteiger partial charge in [-0.1, -0.05) is 6.92 Å². The van der Waals surface area contributed by atoms with Crippen LogP contribution in [0.15, 0.2) is 0 Å². The van der Waals surface area contributed by atoms with E-state index in [0.717, 1.165) is 0 Å². The Hall–Kier alpha value is -0.160. The summed E-state index contributed by atoms with van der Waals surface area (Å²) in [7, 11) is 0.